The normalized spacial score (nSPS) is 13.2. The van der Waals surface area contributed by atoms with Crippen molar-refractivity contribution in [1.82, 2.24) is 0 Å². The highest BCUT2D eigenvalue weighted by molar-refractivity contribution is 6.53. The van der Waals surface area contributed by atoms with Crippen LogP contribution in [0.4, 0.5) is 17.1 Å². The molecule has 3 amide bonds. The molecule has 8 nitrogen and oxygen atoms in total. The number of amides is 3. The first-order chi connectivity index (χ1) is 17.2. The van der Waals surface area contributed by atoms with Gasteiger partial charge in [0.05, 0.1) is 25.6 Å². The lowest BCUT2D eigenvalue weighted by molar-refractivity contribution is -0.120. The molecule has 0 saturated heterocycles. The van der Waals surface area contributed by atoms with Crippen LogP contribution < -0.4 is 25.0 Å². The van der Waals surface area contributed by atoms with E-state index in [2.05, 4.69) is 10.6 Å². The van der Waals surface area contributed by atoms with Gasteiger partial charge in [-0.05, 0) is 61.4 Å². The summed E-state index contributed by atoms with van der Waals surface area (Å²) in [6, 6.07) is 17.0. The Morgan fingerprint density at radius 1 is 0.917 bits per heavy atom. The molecule has 0 aliphatic carbocycles. The van der Waals surface area contributed by atoms with Gasteiger partial charge in [-0.3, -0.25) is 14.4 Å². The van der Waals surface area contributed by atoms with Crippen molar-refractivity contribution in [3.63, 3.8) is 0 Å². The Morgan fingerprint density at radius 3 is 2.42 bits per heavy atom. The molecule has 1 aliphatic rings. The van der Waals surface area contributed by atoms with E-state index in [0.717, 1.165) is 16.0 Å². The summed E-state index contributed by atoms with van der Waals surface area (Å²) in [5.41, 5.74) is 3.28. The number of carbonyl (C=O) groups excluding carboxylic acids is 3. The number of imide groups is 1. The second-order valence-electron chi connectivity index (χ2n) is 8.15. The van der Waals surface area contributed by atoms with Gasteiger partial charge in [0.1, 0.15) is 22.2 Å². The Kier molecular flexibility index (Phi) is 6.98. The smallest absolute Gasteiger partial charge is 0.283 e. The van der Waals surface area contributed by atoms with Gasteiger partial charge in [-0.15, -0.1) is 0 Å². The van der Waals surface area contributed by atoms with Crippen LogP contribution in [0.15, 0.2) is 71.4 Å². The van der Waals surface area contributed by atoms with E-state index < -0.39 is 17.7 Å². The lowest BCUT2D eigenvalue weighted by atomic mass is 10.1. The minimum absolute atomic E-state index is 0.0584. The molecule has 9 heteroatoms. The molecule has 3 aromatic carbocycles. The maximum Gasteiger partial charge on any atom is 0.283 e. The predicted octanol–water partition coefficient (Wildman–Crippen LogP) is 5.01. The van der Waals surface area contributed by atoms with Crippen molar-refractivity contribution in [3.05, 3.63) is 88.1 Å². The van der Waals surface area contributed by atoms with Crippen molar-refractivity contribution in [2.75, 3.05) is 29.8 Å². The summed E-state index contributed by atoms with van der Waals surface area (Å²) in [6.07, 6.45) is 0. The molecule has 0 spiro atoms. The fourth-order valence-electron chi connectivity index (χ4n) is 3.77. The summed E-state index contributed by atoms with van der Waals surface area (Å²) in [5, 5.41) is 5.49. The topological polar surface area (TPSA) is 97.0 Å². The monoisotopic (exact) mass is 505 g/mol. The SMILES string of the molecule is COc1ccc(NC(=O)c2cccc(NC3=C(Cl)C(=O)N(c4cc(C)ccc4C)C3=O)c2)c(OC)c1. The first-order valence-corrected chi connectivity index (χ1v) is 11.4. The van der Waals surface area contributed by atoms with E-state index in [4.69, 9.17) is 21.1 Å². The number of hydrogen-bond acceptors (Lipinski definition) is 6. The first-order valence-electron chi connectivity index (χ1n) is 11.0. The molecule has 0 fully saturated rings. The second-order valence-corrected chi connectivity index (χ2v) is 8.53. The van der Waals surface area contributed by atoms with Crippen molar-refractivity contribution in [1.29, 1.82) is 0 Å². The van der Waals surface area contributed by atoms with Gasteiger partial charge >= 0.3 is 0 Å². The van der Waals surface area contributed by atoms with Gasteiger partial charge in [0.15, 0.2) is 0 Å². The Bertz CT molecular complexity index is 1420. The Morgan fingerprint density at radius 2 is 1.69 bits per heavy atom. The van der Waals surface area contributed by atoms with Gasteiger partial charge in [0.2, 0.25) is 0 Å². The highest BCUT2D eigenvalue weighted by Gasteiger charge is 2.39. The summed E-state index contributed by atoms with van der Waals surface area (Å²) in [6.45, 7) is 3.69. The Labute approximate surface area is 213 Å². The number of methoxy groups -OCH3 is 2. The zero-order chi connectivity index (χ0) is 26.0. The van der Waals surface area contributed by atoms with E-state index in [9.17, 15) is 14.4 Å². The third-order valence-electron chi connectivity index (χ3n) is 5.68. The summed E-state index contributed by atoms with van der Waals surface area (Å²) in [4.78, 5) is 40.0. The molecule has 0 unspecified atom stereocenters. The van der Waals surface area contributed by atoms with Crippen molar-refractivity contribution in [3.8, 4) is 11.5 Å². The van der Waals surface area contributed by atoms with E-state index in [0.29, 0.717) is 34.1 Å². The van der Waals surface area contributed by atoms with E-state index in [1.807, 2.05) is 26.0 Å². The molecule has 0 bridgehead atoms. The van der Waals surface area contributed by atoms with E-state index >= 15 is 0 Å². The van der Waals surface area contributed by atoms with Gasteiger partial charge in [0, 0.05) is 17.3 Å². The lowest BCUT2D eigenvalue weighted by Gasteiger charge is -2.18. The molecule has 36 heavy (non-hydrogen) atoms. The molecule has 0 atom stereocenters. The fraction of sp³-hybridized carbons (Fsp3) is 0.148. The van der Waals surface area contributed by atoms with E-state index in [-0.39, 0.29) is 10.7 Å². The summed E-state index contributed by atoms with van der Waals surface area (Å²) >= 11 is 6.28. The molecule has 3 aromatic rings. The van der Waals surface area contributed by atoms with Crippen LogP contribution >= 0.6 is 11.6 Å². The first kappa shape index (κ1) is 24.8. The number of benzene rings is 3. The van der Waals surface area contributed by atoms with Crippen LogP contribution in [-0.4, -0.2) is 31.9 Å². The maximum atomic E-state index is 13.2. The second kappa shape index (κ2) is 10.1. The maximum absolute atomic E-state index is 13.2. The fourth-order valence-corrected chi connectivity index (χ4v) is 3.98. The molecule has 184 valence electrons. The third-order valence-corrected chi connectivity index (χ3v) is 6.03. The van der Waals surface area contributed by atoms with Crippen LogP contribution in [0.25, 0.3) is 0 Å². The van der Waals surface area contributed by atoms with E-state index in [1.54, 1.807) is 48.5 Å². The number of anilines is 3. The summed E-state index contributed by atoms with van der Waals surface area (Å²) in [5.74, 6) is -0.551. The van der Waals surface area contributed by atoms with Gasteiger partial charge in [-0.25, -0.2) is 4.90 Å². The van der Waals surface area contributed by atoms with Gasteiger partial charge in [-0.1, -0.05) is 29.8 Å². The minimum atomic E-state index is -0.613. The zero-order valence-electron chi connectivity index (χ0n) is 20.1. The van der Waals surface area contributed by atoms with Crippen molar-refractivity contribution in [2.45, 2.75) is 13.8 Å². The van der Waals surface area contributed by atoms with Crippen LogP contribution in [0.5, 0.6) is 11.5 Å². The highest BCUT2D eigenvalue weighted by atomic mass is 35.5. The Hall–Kier alpha value is -4.30. The predicted molar refractivity (Wildman–Crippen MR) is 139 cm³/mol. The molecule has 4 rings (SSSR count). The van der Waals surface area contributed by atoms with Crippen molar-refractivity contribution >= 4 is 46.4 Å². The number of rotatable bonds is 7. The summed E-state index contributed by atoms with van der Waals surface area (Å²) < 4.78 is 10.5. The largest absolute Gasteiger partial charge is 0.497 e. The molecule has 0 radical (unpaired) electrons. The van der Waals surface area contributed by atoms with Crippen LogP contribution in [-0.2, 0) is 9.59 Å². The van der Waals surface area contributed by atoms with Gasteiger partial charge in [0.25, 0.3) is 17.7 Å². The molecule has 1 heterocycles. The minimum Gasteiger partial charge on any atom is -0.497 e. The molecule has 1 aliphatic heterocycles. The van der Waals surface area contributed by atoms with E-state index in [1.165, 1.54) is 14.2 Å². The third kappa shape index (κ3) is 4.76. The van der Waals surface area contributed by atoms with Crippen LogP contribution in [0.1, 0.15) is 21.5 Å². The van der Waals surface area contributed by atoms with Crippen molar-refractivity contribution < 1.29 is 23.9 Å². The standard InChI is InChI=1S/C27H24ClN3O5/c1-15-8-9-16(2)21(12-15)31-26(33)23(28)24(27(31)34)29-18-7-5-6-17(13-18)25(32)30-20-11-10-19(35-3)14-22(20)36-4/h5-14,29H,1-4H3,(H,30,32). The Balaban J connectivity index is 1.56. The van der Waals surface area contributed by atoms with Crippen LogP contribution in [0.2, 0.25) is 0 Å². The van der Waals surface area contributed by atoms with Gasteiger partial charge < -0.3 is 20.1 Å². The molecule has 0 aromatic heterocycles. The van der Waals surface area contributed by atoms with Gasteiger partial charge in [-0.2, -0.15) is 0 Å². The highest BCUT2D eigenvalue weighted by Crippen LogP contribution is 2.33. The number of nitrogens with one attached hydrogen (secondary N) is 2. The number of ether oxygens (including phenoxy) is 2. The number of hydrogen-bond donors (Lipinski definition) is 2. The average molecular weight is 506 g/mol. The number of aryl methyl sites for hydroxylation is 2. The lowest BCUT2D eigenvalue weighted by Crippen LogP contribution is -2.33. The molecule has 0 saturated carbocycles. The van der Waals surface area contributed by atoms with Crippen LogP contribution in [0.3, 0.4) is 0 Å². The number of carbonyl (C=O) groups is 3. The quantitative estimate of drug-likeness (QED) is 0.438. The summed E-state index contributed by atoms with van der Waals surface area (Å²) in [7, 11) is 3.03. The number of nitrogens with zero attached hydrogens (tertiary/aromatic N) is 1. The molecule has 2 N–H and O–H groups in total. The molecular weight excluding hydrogens is 482 g/mol. The zero-order valence-corrected chi connectivity index (χ0v) is 20.9. The molecular formula is C27H24ClN3O5. The van der Waals surface area contributed by atoms with Crippen molar-refractivity contribution in [2.24, 2.45) is 0 Å². The number of halogens is 1. The van der Waals surface area contributed by atoms with Crippen LogP contribution in [0, 0.1) is 13.8 Å². The average Bonchev–Trinajstić information content (AvgIpc) is 3.08.